The summed E-state index contributed by atoms with van der Waals surface area (Å²) in [4.78, 5) is 0. The molecule has 0 atom stereocenters. The summed E-state index contributed by atoms with van der Waals surface area (Å²) in [5.74, 6) is -1.17. The molecule has 0 saturated carbocycles. The number of hydrogen-bond acceptors (Lipinski definition) is 1. The molecule has 64 valence electrons. The molecule has 1 aromatic carbocycles. The number of rotatable bonds is 3. The maximum Gasteiger partial charge on any atom is 0.149 e. The van der Waals surface area contributed by atoms with Crippen LogP contribution in [-0.2, 0) is 0 Å². The molecule has 0 unspecified atom stereocenters. The zero-order chi connectivity index (χ0) is 8.97. The van der Waals surface area contributed by atoms with Gasteiger partial charge in [-0.15, -0.1) is 6.58 Å². The number of para-hydroxylation sites is 1. The quantitative estimate of drug-likeness (QED) is 0.685. The monoisotopic (exact) mass is 169 g/mol. The van der Waals surface area contributed by atoms with E-state index in [0.717, 1.165) is 0 Å². The van der Waals surface area contributed by atoms with E-state index in [1.54, 1.807) is 0 Å². The lowest BCUT2D eigenvalue weighted by Gasteiger charge is -2.04. The van der Waals surface area contributed by atoms with Crippen LogP contribution in [0.5, 0.6) is 0 Å². The fourth-order valence-corrected chi connectivity index (χ4v) is 0.841. The van der Waals surface area contributed by atoms with Crippen molar-refractivity contribution < 1.29 is 8.78 Å². The van der Waals surface area contributed by atoms with Gasteiger partial charge in [0.05, 0.1) is 0 Å². The van der Waals surface area contributed by atoms with Crippen molar-refractivity contribution in [2.45, 2.75) is 0 Å². The summed E-state index contributed by atoms with van der Waals surface area (Å²) in [6.07, 6.45) is 1.53. The van der Waals surface area contributed by atoms with Crippen molar-refractivity contribution in [1.29, 1.82) is 0 Å². The van der Waals surface area contributed by atoms with Crippen molar-refractivity contribution in [2.24, 2.45) is 0 Å². The minimum Gasteiger partial charge on any atom is -0.377 e. The van der Waals surface area contributed by atoms with Crippen molar-refractivity contribution in [3.63, 3.8) is 0 Å². The molecule has 3 heteroatoms. The number of hydrogen-bond donors (Lipinski definition) is 1. The van der Waals surface area contributed by atoms with Crippen LogP contribution in [-0.4, -0.2) is 6.54 Å². The van der Waals surface area contributed by atoms with Gasteiger partial charge in [-0.3, -0.25) is 0 Å². The van der Waals surface area contributed by atoms with Crippen LogP contribution >= 0.6 is 0 Å². The lowest BCUT2D eigenvalue weighted by atomic mass is 10.3. The second-order valence-corrected chi connectivity index (χ2v) is 2.27. The highest BCUT2D eigenvalue weighted by atomic mass is 19.1. The Morgan fingerprint density at radius 2 is 1.92 bits per heavy atom. The molecule has 0 amide bonds. The molecule has 1 nitrogen and oxygen atoms in total. The van der Waals surface area contributed by atoms with E-state index >= 15 is 0 Å². The SMILES string of the molecule is C=CCNc1c(F)cccc1F. The molecule has 0 aliphatic carbocycles. The van der Waals surface area contributed by atoms with Gasteiger partial charge in [0.15, 0.2) is 0 Å². The number of benzene rings is 1. The van der Waals surface area contributed by atoms with E-state index in [4.69, 9.17) is 0 Å². The Bertz CT molecular complexity index is 264. The van der Waals surface area contributed by atoms with Gasteiger partial charge in [0.1, 0.15) is 17.3 Å². The molecule has 0 heterocycles. The van der Waals surface area contributed by atoms with Gasteiger partial charge in [-0.2, -0.15) is 0 Å². The Kier molecular flexibility index (Phi) is 2.80. The summed E-state index contributed by atoms with van der Waals surface area (Å²) >= 11 is 0. The summed E-state index contributed by atoms with van der Waals surface area (Å²) in [5, 5.41) is 2.56. The molecule has 1 N–H and O–H groups in total. The first-order valence-electron chi connectivity index (χ1n) is 3.54. The summed E-state index contributed by atoms with van der Waals surface area (Å²) < 4.78 is 25.7. The normalized spacial score (nSPS) is 9.50. The van der Waals surface area contributed by atoms with Gasteiger partial charge >= 0.3 is 0 Å². The highest BCUT2D eigenvalue weighted by Crippen LogP contribution is 2.17. The highest BCUT2D eigenvalue weighted by molar-refractivity contribution is 5.46. The van der Waals surface area contributed by atoms with Crippen LogP contribution in [0.15, 0.2) is 30.9 Å². The molecule has 0 saturated heterocycles. The van der Waals surface area contributed by atoms with E-state index in [1.807, 2.05) is 0 Å². The van der Waals surface area contributed by atoms with E-state index < -0.39 is 11.6 Å². The fourth-order valence-electron chi connectivity index (χ4n) is 0.841. The number of anilines is 1. The van der Waals surface area contributed by atoms with Crippen molar-refractivity contribution >= 4 is 5.69 Å². The summed E-state index contributed by atoms with van der Waals surface area (Å²) in [7, 11) is 0. The predicted octanol–water partition coefficient (Wildman–Crippen LogP) is 2.56. The minimum atomic E-state index is -0.586. The van der Waals surface area contributed by atoms with Crippen LogP contribution < -0.4 is 5.32 Å². The molecule has 0 aromatic heterocycles. The summed E-state index contributed by atoms with van der Waals surface area (Å²) in [6.45, 7) is 3.77. The third kappa shape index (κ3) is 1.81. The lowest BCUT2D eigenvalue weighted by Crippen LogP contribution is -2.02. The van der Waals surface area contributed by atoms with Crippen LogP contribution in [0.4, 0.5) is 14.5 Å². The van der Waals surface area contributed by atoms with E-state index in [0.29, 0.717) is 6.54 Å². The molecular weight excluding hydrogens is 160 g/mol. The van der Waals surface area contributed by atoms with E-state index in [2.05, 4.69) is 11.9 Å². The van der Waals surface area contributed by atoms with Gasteiger partial charge in [-0.25, -0.2) is 8.78 Å². The smallest absolute Gasteiger partial charge is 0.149 e. The zero-order valence-corrected chi connectivity index (χ0v) is 6.48. The molecule has 0 bridgehead atoms. The van der Waals surface area contributed by atoms with Gasteiger partial charge in [-0.1, -0.05) is 12.1 Å². The van der Waals surface area contributed by atoms with Crippen molar-refractivity contribution in [3.05, 3.63) is 42.5 Å². The molecule has 0 aliphatic heterocycles. The summed E-state index contributed by atoms with van der Waals surface area (Å²) in [6, 6.07) is 3.73. The van der Waals surface area contributed by atoms with Crippen LogP contribution in [0.25, 0.3) is 0 Å². The maximum absolute atomic E-state index is 12.8. The second-order valence-electron chi connectivity index (χ2n) is 2.27. The van der Waals surface area contributed by atoms with Crippen LogP contribution in [0.3, 0.4) is 0 Å². The third-order valence-electron chi connectivity index (χ3n) is 1.39. The Hall–Kier alpha value is -1.38. The van der Waals surface area contributed by atoms with Gasteiger partial charge in [0.2, 0.25) is 0 Å². The molecular formula is C9H9F2N. The fraction of sp³-hybridized carbons (Fsp3) is 0.111. The molecule has 12 heavy (non-hydrogen) atoms. The molecule has 1 rings (SSSR count). The van der Waals surface area contributed by atoms with Crippen LogP contribution in [0.2, 0.25) is 0 Å². The van der Waals surface area contributed by atoms with E-state index in [9.17, 15) is 8.78 Å². The highest BCUT2D eigenvalue weighted by Gasteiger charge is 2.05. The number of halogens is 2. The Labute approximate surface area is 69.7 Å². The lowest BCUT2D eigenvalue weighted by molar-refractivity contribution is 0.589. The molecule has 0 aliphatic rings. The molecule has 1 aromatic rings. The average molecular weight is 169 g/mol. The van der Waals surface area contributed by atoms with Gasteiger partial charge in [0, 0.05) is 6.54 Å². The maximum atomic E-state index is 12.8. The second kappa shape index (κ2) is 3.85. The first kappa shape index (κ1) is 8.71. The Balaban J connectivity index is 2.88. The Morgan fingerprint density at radius 1 is 1.33 bits per heavy atom. The predicted molar refractivity (Wildman–Crippen MR) is 45.0 cm³/mol. The third-order valence-corrected chi connectivity index (χ3v) is 1.39. The molecule has 0 fully saturated rings. The minimum absolute atomic E-state index is 0.0996. The topological polar surface area (TPSA) is 12.0 Å². The van der Waals surface area contributed by atoms with Crippen molar-refractivity contribution in [2.75, 3.05) is 11.9 Å². The first-order valence-corrected chi connectivity index (χ1v) is 3.54. The van der Waals surface area contributed by atoms with E-state index in [1.165, 1.54) is 24.3 Å². The first-order chi connectivity index (χ1) is 5.75. The molecule has 0 radical (unpaired) electrons. The average Bonchev–Trinajstić information content (AvgIpc) is 2.04. The summed E-state index contributed by atoms with van der Waals surface area (Å²) in [5.41, 5.74) is -0.0996. The van der Waals surface area contributed by atoms with Gasteiger partial charge < -0.3 is 5.32 Å². The Morgan fingerprint density at radius 3 is 2.42 bits per heavy atom. The van der Waals surface area contributed by atoms with Crippen molar-refractivity contribution in [3.8, 4) is 0 Å². The van der Waals surface area contributed by atoms with Gasteiger partial charge in [0.25, 0.3) is 0 Å². The van der Waals surface area contributed by atoms with Crippen molar-refractivity contribution in [1.82, 2.24) is 0 Å². The van der Waals surface area contributed by atoms with Crippen LogP contribution in [0, 0.1) is 11.6 Å². The molecule has 0 spiro atoms. The largest absolute Gasteiger partial charge is 0.377 e. The number of nitrogens with one attached hydrogen (secondary N) is 1. The van der Waals surface area contributed by atoms with Gasteiger partial charge in [-0.05, 0) is 12.1 Å². The zero-order valence-electron chi connectivity index (χ0n) is 6.48. The van der Waals surface area contributed by atoms with Crippen LogP contribution in [0.1, 0.15) is 0 Å². The van der Waals surface area contributed by atoms with E-state index in [-0.39, 0.29) is 5.69 Å². The standard InChI is InChI=1S/C9H9F2N/c1-2-6-12-9-7(10)4-3-5-8(9)11/h2-5,12H,1,6H2.